The van der Waals surface area contributed by atoms with Crippen molar-refractivity contribution < 1.29 is 14.3 Å². The Bertz CT molecular complexity index is 625. The Balaban J connectivity index is 2.73. The van der Waals surface area contributed by atoms with E-state index in [1.54, 1.807) is 19.1 Å². The summed E-state index contributed by atoms with van der Waals surface area (Å²) >= 11 is 0. The smallest absolute Gasteiger partial charge is 0.319 e. The van der Waals surface area contributed by atoms with E-state index in [4.69, 9.17) is 10.00 Å². The predicted octanol–water partition coefficient (Wildman–Crippen LogP) is 2.38. The van der Waals surface area contributed by atoms with Crippen molar-refractivity contribution in [2.24, 2.45) is 0 Å². The zero-order valence-electron chi connectivity index (χ0n) is 14.5. The molecule has 7 heteroatoms. The zero-order valence-corrected chi connectivity index (χ0v) is 14.5. The average Bonchev–Trinajstić information content (AvgIpc) is 2.56. The molecular formula is C17H24N4O3. The van der Waals surface area contributed by atoms with Gasteiger partial charge >= 0.3 is 6.03 Å². The molecule has 0 radical (unpaired) electrons. The van der Waals surface area contributed by atoms with E-state index in [1.807, 2.05) is 26.8 Å². The molecule has 24 heavy (non-hydrogen) atoms. The molecule has 3 amide bonds. The second-order valence-electron chi connectivity index (χ2n) is 5.39. The molecule has 1 aromatic rings. The van der Waals surface area contributed by atoms with Crippen LogP contribution in [0.1, 0.15) is 39.7 Å². The van der Waals surface area contributed by atoms with Crippen LogP contribution in [0, 0.1) is 11.3 Å². The van der Waals surface area contributed by atoms with E-state index in [2.05, 4.69) is 16.0 Å². The first-order chi connectivity index (χ1) is 11.4. The highest BCUT2D eigenvalue weighted by Gasteiger charge is 2.17. The Hall–Kier alpha value is -2.75. The van der Waals surface area contributed by atoms with Gasteiger partial charge in [0.05, 0.1) is 23.9 Å². The van der Waals surface area contributed by atoms with Crippen molar-refractivity contribution in [3.63, 3.8) is 0 Å². The van der Waals surface area contributed by atoms with Gasteiger partial charge in [0, 0.05) is 6.04 Å². The van der Waals surface area contributed by atoms with Gasteiger partial charge in [0.1, 0.15) is 11.8 Å². The van der Waals surface area contributed by atoms with Crippen LogP contribution in [0.15, 0.2) is 18.2 Å². The number of nitriles is 1. The minimum Gasteiger partial charge on any atom is -0.492 e. The molecule has 0 unspecified atom stereocenters. The lowest BCUT2D eigenvalue weighted by Gasteiger charge is -2.18. The van der Waals surface area contributed by atoms with Crippen molar-refractivity contribution >= 4 is 17.6 Å². The molecule has 3 N–H and O–H groups in total. The fourth-order valence-corrected chi connectivity index (χ4v) is 1.87. The predicted molar refractivity (Wildman–Crippen MR) is 91.8 cm³/mol. The molecular weight excluding hydrogens is 308 g/mol. The van der Waals surface area contributed by atoms with Crippen LogP contribution in [0.4, 0.5) is 10.5 Å². The first-order valence-corrected chi connectivity index (χ1v) is 7.96. The molecule has 0 aliphatic heterocycles. The van der Waals surface area contributed by atoms with Crippen LogP contribution in [-0.2, 0) is 4.79 Å². The molecule has 0 aromatic heterocycles. The quantitative estimate of drug-likeness (QED) is 0.713. The molecule has 130 valence electrons. The molecule has 0 aliphatic carbocycles. The van der Waals surface area contributed by atoms with Gasteiger partial charge in [-0.1, -0.05) is 6.92 Å². The van der Waals surface area contributed by atoms with E-state index in [1.165, 1.54) is 6.07 Å². The number of rotatable bonds is 7. The van der Waals surface area contributed by atoms with Crippen molar-refractivity contribution in [2.75, 3.05) is 11.9 Å². The van der Waals surface area contributed by atoms with Crippen LogP contribution < -0.4 is 20.7 Å². The van der Waals surface area contributed by atoms with Crippen molar-refractivity contribution in [2.45, 2.75) is 46.2 Å². The highest BCUT2D eigenvalue weighted by atomic mass is 16.5. The van der Waals surface area contributed by atoms with Gasteiger partial charge in [0.2, 0.25) is 5.91 Å². The van der Waals surface area contributed by atoms with Gasteiger partial charge < -0.3 is 20.7 Å². The van der Waals surface area contributed by atoms with Gasteiger partial charge in [-0.05, 0) is 45.4 Å². The first-order valence-electron chi connectivity index (χ1n) is 7.96. The van der Waals surface area contributed by atoms with E-state index >= 15 is 0 Å². The molecule has 7 nitrogen and oxygen atoms in total. The fourth-order valence-electron chi connectivity index (χ4n) is 1.87. The zero-order chi connectivity index (χ0) is 18.1. The maximum Gasteiger partial charge on any atom is 0.319 e. The van der Waals surface area contributed by atoms with Gasteiger partial charge in [0.25, 0.3) is 0 Å². The summed E-state index contributed by atoms with van der Waals surface area (Å²) in [6.07, 6.45) is 0.809. The molecule has 0 bridgehead atoms. The van der Waals surface area contributed by atoms with E-state index in [0.29, 0.717) is 23.6 Å². The minimum absolute atomic E-state index is 0.0432. The Morgan fingerprint density at radius 3 is 2.54 bits per heavy atom. The third kappa shape index (κ3) is 5.80. The van der Waals surface area contributed by atoms with Crippen LogP contribution in [0.5, 0.6) is 5.75 Å². The topological polar surface area (TPSA) is 103 Å². The molecule has 0 spiro atoms. The van der Waals surface area contributed by atoms with Crippen LogP contribution in [-0.4, -0.2) is 30.6 Å². The Labute approximate surface area is 142 Å². The third-order valence-corrected chi connectivity index (χ3v) is 3.40. The molecule has 0 aliphatic rings. The number of carbonyl (C=O) groups excluding carboxylic acids is 2. The summed E-state index contributed by atoms with van der Waals surface area (Å²) in [6, 6.07) is 5.57. The van der Waals surface area contributed by atoms with E-state index < -0.39 is 12.1 Å². The Morgan fingerprint density at radius 2 is 1.96 bits per heavy atom. The van der Waals surface area contributed by atoms with Gasteiger partial charge in [0.15, 0.2) is 0 Å². The molecule has 0 heterocycles. The monoisotopic (exact) mass is 332 g/mol. The molecule has 1 aromatic carbocycles. The number of anilines is 1. The van der Waals surface area contributed by atoms with Gasteiger partial charge in [-0.25, -0.2) is 4.79 Å². The first kappa shape index (κ1) is 19.3. The summed E-state index contributed by atoms with van der Waals surface area (Å²) in [4.78, 5) is 24.0. The highest BCUT2D eigenvalue weighted by molar-refractivity contribution is 5.94. The summed E-state index contributed by atoms with van der Waals surface area (Å²) in [5.41, 5.74) is 0.777. The van der Waals surface area contributed by atoms with Crippen LogP contribution in [0.25, 0.3) is 0 Å². The second kappa shape index (κ2) is 9.40. The molecule has 0 saturated heterocycles. The standard InChI is InChI=1S/C17H24N4O3/c1-5-11(3)19-16(22)12(4)20-17(23)21-14-9-13(10-18)7-8-15(14)24-6-2/h7-9,11-12H,5-6H2,1-4H3,(H,19,22)(H2,20,21,23)/t11-,12+/m1/s1. The van der Waals surface area contributed by atoms with E-state index in [9.17, 15) is 9.59 Å². The molecule has 2 atom stereocenters. The van der Waals surface area contributed by atoms with Crippen molar-refractivity contribution in [3.8, 4) is 11.8 Å². The van der Waals surface area contributed by atoms with Crippen molar-refractivity contribution in [1.82, 2.24) is 10.6 Å². The lowest BCUT2D eigenvalue weighted by atomic mass is 10.2. The van der Waals surface area contributed by atoms with Crippen LogP contribution in [0.3, 0.4) is 0 Å². The highest BCUT2D eigenvalue weighted by Crippen LogP contribution is 2.25. The van der Waals surface area contributed by atoms with Gasteiger partial charge in [-0.2, -0.15) is 5.26 Å². The van der Waals surface area contributed by atoms with Gasteiger partial charge in [-0.15, -0.1) is 0 Å². The van der Waals surface area contributed by atoms with Crippen molar-refractivity contribution in [1.29, 1.82) is 5.26 Å². The maximum absolute atomic E-state index is 12.1. The normalized spacial score (nSPS) is 12.5. The number of ether oxygens (including phenoxy) is 1. The number of benzene rings is 1. The third-order valence-electron chi connectivity index (χ3n) is 3.40. The van der Waals surface area contributed by atoms with Crippen LogP contribution >= 0.6 is 0 Å². The molecule has 0 fully saturated rings. The summed E-state index contributed by atoms with van der Waals surface area (Å²) in [7, 11) is 0. The average molecular weight is 332 g/mol. The number of nitrogens with one attached hydrogen (secondary N) is 3. The second-order valence-corrected chi connectivity index (χ2v) is 5.39. The minimum atomic E-state index is -0.686. The number of carbonyl (C=O) groups is 2. The number of urea groups is 1. The summed E-state index contributed by atoms with van der Waals surface area (Å²) < 4.78 is 5.43. The summed E-state index contributed by atoms with van der Waals surface area (Å²) in [6.45, 7) is 7.71. The molecule has 0 saturated carbocycles. The summed E-state index contributed by atoms with van der Waals surface area (Å²) in [5, 5.41) is 17.0. The lowest BCUT2D eigenvalue weighted by Crippen LogP contribution is -2.48. The maximum atomic E-state index is 12.1. The number of hydrogen-bond donors (Lipinski definition) is 3. The van der Waals surface area contributed by atoms with Crippen LogP contribution in [0.2, 0.25) is 0 Å². The fraction of sp³-hybridized carbons (Fsp3) is 0.471. The number of nitrogens with zero attached hydrogens (tertiary/aromatic N) is 1. The molecule has 1 rings (SSSR count). The lowest BCUT2D eigenvalue weighted by molar-refractivity contribution is -0.123. The van der Waals surface area contributed by atoms with E-state index in [0.717, 1.165) is 6.42 Å². The summed E-state index contributed by atoms with van der Waals surface area (Å²) in [5.74, 6) is 0.207. The largest absolute Gasteiger partial charge is 0.492 e. The van der Waals surface area contributed by atoms with Gasteiger partial charge in [-0.3, -0.25) is 4.79 Å². The Kier molecular flexibility index (Phi) is 7.56. The van der Waals surface area contributed by atoms with Crippen molar-refractivity contribution in [3.05, 3.63) is 23.8 Å². The number of amides is 3. The van der Waals surface area contributed by atoms with E-state index in [-0.39, 0.29) is 11.9 Å². The SMILES string of the molecule is CCOc1ccc(C#N)cc1NC(=O)N[C@@H](C)C(=O)N[C@H](C)CC. The number of hydrogen-bond acceptors (Lipinski definition) is 4. The Morgan fingerprint density at radius 1 is 1.25 bits per heavy atom.